The first kappa shape index (κ1) is 17.0. The molecule has 0 saturated carbocycles. The van der Waals surface area contributed by atoms with Crippen molar-refractivity contribution in [2.24, 2.45) is 0 Å². The van der Waals surface area contributed by atoms with Crippen LogP contribution in [0.5, 0.6) is 0 Å². The monoisotopic (exact) mass is 312 g/mol. The lowest BCUT2D eigenvalue weighted by atomic mass is 9.99. The van der Waals surface area contributed by atoms with Crippen molar-refractivity contribution in [3.63, 3.8) is 0 Å². The van der Waals surface area contributed by atoms with Crippen LogP contribution in [0.1, 0.15) is 0 Å². The Morgan fingerprint density at radius 1 is 0.857 bits per heavy atom. The maximum Gasteiger partial charge on any atom is 0.187 e. The first-order chi connectivity index (χ1) is 9.86. The van der Waals surface area contributed by atoms with Gasteiger partial charge in [0.1, 0.15) is 42.7 Å². The van der Waals surface area contributed by atoms with E-state index < -0.39 is 61.9 Å². The number of ether oxygens (including phenoxy) is 3. The van der Waals surface area contributed by atoms with Crippen LogP contribution in [0, 0.1) is 0 Å². The quantitative estimate of drug-likeness (QED) is 0.268. The summed E-state index contributed by atoms with van der Waals surface area (Å²) >= 11 is 0. The van der Waals surface area contributed by atoms with Crippen LogP contribution in [0.3, 0.4) is 0 Å². The Morgan fingerprint density at radius 2 is 1.52 bits per heavy atom. The maximum absolute atomic E-state index is 9.78. The van der Waals surface area contributed by atoms with E-state index in [9.17, 15) is 30.6 Å². The zero-order valence-electron chi connectivity index (χ0n) is 11.0. The fraction of sp³-hybridized carbons (Fsp3) is 1.00. The second kappa shape index (κ2) is 6.79. The Bertz CT molecular complexity index is 339. The van der Waals surface area contributed by atoms with Crippen molar-refractivity contribution in [1.29, 1.82) is 0 Å². The van der Waals surface area contributed by atoms with E-state index in [2.05, 4.69) is 0 Å². The number of aliphatic hydroxyl groups excluding tert-OH is 7. The van der Waals surface area contributed by atoms with E-state index in [0.29, 0.717) is 0 Å². The van der Waals surface area contributed by atoms with E-state index >= 15 is 0 Å². The SMILES string of the molecule is OC[C@H]1O[C@H](O[C@H]2CO[C@H](O)[C@H](O)[C@H]2O)[C@H](O)[C@@H](O)[C@H]1O. The Kier molecular flexibility index (Phi) is 5.48. The highest BCUT2D eigenvalue weighted by Gasteiger charge is 2.47. The normalized spacial score (nSPS) is 51.9. The van der Waals surface area contributed by atoms with Gasteiger partial charge in [0, 0.05) is 0 Å². The molecule has 2 aliphatic heterocycles. The average molecular weight is 312 g/mol. The molecule has 0 spiro atoms. The zero-order chi connectivity index (χ0) is 15.7. The van der Waals surface area contributed by atoms with E-state index in [1.807, 2.05) is 0 Å². The fourth-order valence-corrected chi connectivity index (χ4v) is 2.25. The molecule has 0 bridgehead atoms. The van der Waals surface area contributed by atoms with E-state index in [0.717, 1.165) is 0 Å². The highest BCUT2D eigenvalue weighted by molar-refractivity contribution is 4.91. The van der Waals surface area contributed by atoms with Gasteiger partial charge in [-0.05, 0) is 0 Å². The van der Waals surface area contributed by atoms with Gasteiger partial charge in [0.2, 0.25) is 0 Å². The summed E-state index contributed by atoms with van der Waals surface area (Å²) in [5.41, 5.74) is 0. The third-order valence-corrected chi connectivity index (χ3v) is 3.61. The summed E-state index contributed by atoms with van der Waals surface area (Å²) in [6.45, 7) is -0.899. The van der Waals surface area contributed by atoms with Crippen LogP contribution in [-0.2, 0) is 14.2 Å². The van der Waals surface area contributed by atoms with Crippen molar-refractivity contribution in [2.45, 2.75) is 55.3 Å². The first-order valence-electron chi connectivity index (χ1n) is 6.48. The Balaban J connectivity index is 2.01. The third-order valence-electron chi connectivity index (χ3n) is 3.61. The molecule has 10 heteroatoms. The van der Waals surface area contributed by atoms with Gasteiger partial charge in [0.05, 0.1) is 13.2 Å². The Hall–Kier alpha value is -0.400. The highest BCUT2D eigenvalue weighted by Crippen LogP contribution is 2.25. The molecule has 124 valence electrons. The van der Waals surface area contributed by atoms with Gasteiger partial charge in [-0.25, -0.2) is 0 Å². The van der Waals surface area contributed by atoms with Gasteiger partial charge in [-0.15, -0.1) is 0 Å². The molecule has 2 aliphatic rings. The van der Waals surface area contributed by atoms with Crippen molar-refractivity contribution in [3.05, 3.63) is 0 Å². The van der Waals surface area contributed by atoms with E-state index in [1.165, 1.54) is 0 Å². The molecule has 0 amide bonds. The minimum absolute atomic E-state index is 0.283. The summed E-state index contributed by atoms with van der Waals surface area (Å²) in [5, 5.41) is 66.5. The molecule has 0 aromatic rings. The minimum atomic E-state index is -1.63. The maximum atomic E-state index is 9.78. The van der Waals surface area contributed by atoms with E-state index in [4.69, 9.17) is 19.3 Å². The molecule has 7 N–H and O–H groups in total. The molecule has 0 radical (unpaired) electrons. The van der Waals surface area contributed by atoms with Crippen LogP contribution < -0.4 is 0 Å². The van der Waals surface area contributed by atoms with Crippen LogP contribution in [0.15, 0.2) is 0 Å². The van der Waals surface area contributed by atoms with Gasteiger partial charge in [0.15, 0.2) is 12.6 Å². The van der Waals surface area contributed by atoms with E-state index in [1.54, 1.807) is 0 Å². The lowest BCUT2D eigenvalue weighted by molar-refractivity contribution is -0.340. The molecular weight excluding hydrogens is 292 g/mol. The molecule has 2 saturated heterocycles. The number of aliphatic hydroxyl groups is 7. The predicted molar refractivity (Wildman–Crippen MR) is 62.6 cm³/mol. The molecule has 10 nitrogen and oxygen atoms in total. The second-order valence-electron chi connectivity index (χ2n) is 5.08. The van der Waals surface area contributed by atoms with Gasteiger partial charge < -0.3 is 50.0 Å². The Morgan fingerprint density at radius 3 is 2.14 bits per heavy atom. The summed E-state index contributed by atoms with van der Waals surface area (Å²) in [7, 11) is 0. The standard InChI is InChI=1S/C11H20O10/c12-1-3-5(13)7(15)9(17)11(20-3)21-4-2-19-10(18)8(16)6(4)14/h3-18H,1-2H2/t3-,4+,5+,6+,7+,8-,9-,10+,11-/m1/s1. The van der Waals surface area contributed by atoms with Crippen molar-refractivity contribution >= 4 is 0 Å². The third kappa shape index (κ3) is 3.35. The number of hydrogen-bond donors (Lipinski definition) is 7. The van der Waals surface area contributed by atoms with Crippen LogP contribution in [0.4, 0.5) is 0 Å². The number of rotatable bonds is 3. The van der Waals surface area contributed by atoms with Gasteiger partial charge in [0.25, 0.3) is 0 Å². The first-order valence-corrected chi connectivity index (χ1v) is 6.48. The fourth-order valence-electron chi connectivity index (χ4n) is 2.25. The van der Waals surface area contributed by atoms with Gasteiger partial charge >= 0.3 is 0 Å². The summed E-state index contributed by atoms with van der Waals surface area (Å²) in [4.78, 5) is 0. The van der Waals surface area contributed by atoms with Crippen LogP contribution in [0.2, 0.25) is 0 Å². The molecular formula is C11H20O10. The number of hydrogen-bond acceptors (Lipinski definition) is 10. The molecule has 0 aromatic carbocycles. The molecule has 0 aliphatic carbocycles. The van der Waals surface area contributed by atoms with Crippen molar-refractivity contribution in [2.75, 3.05) is 13.2 Å². The summed E-state index contributed by atoms with van der Waals surface area (Å²) in [6.07, 6.45) is -13.2. The molecule has 0 aromatic heterocycles. The van der Waals surface area contributed by atoms with Gasteiger partial charge in [-0.2, -0.15) is 0 Å². The van der Waals surface area contributed by atoms with Gasteiger partial charge in [-0.1, -0.05) is 0 Å². The lowest BCUT2D eigenvalue weighted by Gasteiger charge is -2.43. The Labute approximate surface area is 119 Å². The second-order valence-corrected chi connectivity index (χ2v) is 5.08. The van der Waals surface area contributed by atoms with Crippen molar-refractivity contribution in [3.8, 4) is 0 Å². The summed E-state index contributed by atoms with van der Waals surface area (Å²) < 4.78 is 15.1. The van der Waals surface area contributed by atoms with Crippen LogP contribution in [0.25, 0.3) is 0 Å². The molecule has 2 heterocycles. The smallest absolute Gasteiger partial charge is 0.187 e. The van der Waals surface area contributed by atoms with Crippen LogP contribution >= 0.6 is 0 Å². The van der Waals surface area contributed by atoms with Crippen molar-refractivity contribution in [1.82, 2.24) is 0 Å². The van der Waals surface area contributed by atoms with Crippen molar-refractivity contribution < 1.29 is 50.0 Å². The highest BCUT2D eigenvalue weighted by atomic mass is 16.7. The van der Waals surface area contributed by atoms with Crippen LogP contribution in [-0.4, -0.2) is 104 Å². The summed E-state index contributed by atoms with van der Waals surface area (Å²) in [6, 6.07) is 0. The largest absolute Gasteiger partial charge is 0.394 e. The molecule has 2 rings (SSSR count). The minimum Gasteiger partial charge on any atom is -0.394 e. The summed E-state index contributed by atoms with van der Waals surface area (Å²) in [5.74, 6) is 0. The lowest BCUT2D eigenvalue weighted by Crippen LogP contribution is -2.62. The van der Waals surface area contributed by atoms with E-state index in [-0.39, 0.29) is 6.61 Å². The molecule has 21 heavy (non-hydrogen) atoms. The molecule has 9 atom stereocenters. The topological polar surface area (TPSA) is 169 Å². The molecule has 0 unspecified atom stereocenters. The molecule has 2 fully saturated rings. The zero-order valence-corrected chi connectivity index (χ0v) is 11.0. The van der Waals surface area contributed by atoms with Gasteiger partial charge in [-0.3, -0.25) is 0 Å². The predicted octanol–water partition coefficient (Wildman–Crippen LogP) is -4.76. The average Bonchev–Trinajstić information content (AvgIpc) is 2.48.